The molecule has 0 spiro atoms. The molecule has 0 heterocycles. The van der Waals surface area contributed by atoms with Crippen molar-refractivity contribution < 1.29 is 32.6 Å². The molecule has 5 radical (unpaired) electrons. The summed E-state index contributed by atoms with van der Waals surface area (Å²) in [5.74, 6) is 0. The van der Waals surface area contributed by atoms with Crippen LogP contribution in [-0.2, 0) is 27.9 Å². The van der Waals surface area contributed by atoms with E-state index in [0.717, 1.165) is 0 Å². The van der Waals surface area contributed by atoms with E-state index in [1.54, 1.807) is 0 Å². The molecule has 0 unspecified atom stereocenters. The monoisotopic (exact) mass is 234 g/mol. The first-order valence-corrected chi connectivity index (χ1v) is 0. The molecule has 4 N–H and O–H groups in total. The smallest absolute Gasteiger partial charge is 0.369 e. The number of halogens is 1. The summed E-state index contributed by atoms with van der Waals surface area (Å²) in [6.45, 7) is 0. The van der Waals surface area contributed by atoms with Crippen LogP contribution in [0.1, 0.15) is 0 Å². The Morgan fingerprint density at radius 1 is 1.00 bits per heavy atom. The topological polar surface area (TPSA) is 65.0 Å². The van der Waals surface area contributed by atoms with E-state index in [4.69, 9.17) is 0 Å². The van der Waals surface area contributed by atoms with Crippen molar-refractivity contribution in [3.63, 3.8) is 0 Å². The first-order valence-electron chi connectivity index (χ1n) is 0. The summed E-state index contributed by atoms with van der Waals surface area (Å²) in [5, 5.41) is 0. The average Bonchev–Trinajstić information content (AvgIpc) is 0. The quantitative estimate of drug-likeness (QED) is 0.640. The van der Waals surface area contributed by atoms with E-state index < -0.39 is 0 Å². The van der Waals surface area contributed by atoms with Crippen molar-refractivity contribution in [1.29, 1.82) is 0 Å². The predicted octanol–water partition coefficient (Wildman–Crippen LogP) is 0.675. The maximum atomic E-state index is 0. The fraction of sp³-hybridized carbons (Fsp3) is 0. The van der Waals surface area contributed by atoms with Crippen molar-refractivity contribution in [2.45, 2.75) is 0 Å². The molecule has 4 heteroatoms. The molecule has 0 aliphatic carbocycles. The van der Waals surface area contributed by atoms with Crippen molar-refractivity contribution in [2.24, 2.45) is 0 Å². The van der Waals surface area contributed by atoms with Gasteiger partial charge < -0.3 is 6.15 Å². The molecule has 0 bridgehead atoms. The van der Waals surface area contributed by atoms with E-state index in [1.807, 2.05) is 0 Å². The third kappa shape index (κ3) is 18.8. The van der Waals surface area contributed by atoms with Crippen LogP contribution in [0.15, 0.2) is 0 Å². The summed E-state index contributed by atoms with van der Waals surface area (Å²) in [4.78, 5) is 0. The van der Waals surface area contributed by atoms with Crippen molar-refractivity contribution in [3.05, 3.63) is 0 Å². The van der Waals surface area contributed by atoms with Crippen LogP contribution in [-0.4, -0.2) is 0 Å². The van der Waals surface area contributed by atoms with Gasteiger partial charge in [0.1, 0.15) is 0 Å². The minimum absolute atomic E-state index is 0. The van der Waals surface area contributed by atoms with Crippen molar-refractivity contribution in [2.75, 3.05) is 0 Å². The van der Waals surface area contributed by atoms with E-state index >= 15 is 0 Å². The van der Waals surface area contributed by atoms with E-state index in [2.05, 4.69) is 0 Å². The summed E-state index contributed by atoms with van der Waals surface area (Å²) < 4.78 is 0. The minimum Gasteiger partial charge on any atom is -0.369 e. The zero-order chi connectivity index (χ0) is 0. The predicted molar refractivity (Wildman–Crippen MR) is 7.78 cm³/mol. The zero-order valence-corrected chi connectivity index (χ0v) is 5.45. The first kappa shape index (κ1) is 170. The first-order chi connectivity index (χ1) is 0. The molecule has 0 amide bonds. The maximum absolute atomic E-state index is 0. The van der Waals surface area contributed by atoms with E-state index in [-0.39, 0.29) is 38.7 Å². The largest absolute Gasteiger partial charge is 5.00 e. The van der Waals surface area contributed by atoms with Gasteiger partial charge in [0.2, 0.25) is 0 Å². The number of rotatable bonds is 0. The van der Waals surface area contributed by atoms with Gasteiger partial charge in [-0.15, -0.1) is 0 Å². The maximum Gasteiger partial charge on any atom is 5.00 e. The van der Waals surface area contributed by atoms with Crippen molar-refractivity contribution in [3.8, 4) is 0 Å². The van der Waals surface area contributed by atoms with Gasteiger partial charge in [-0.05, 0) is 0 Å². The molecule has 0 aromatic carbocycles. The van der Waals surface area contributed by atoms with Crippen LogP contribution >= 0.6 is 0 Å². The van der Waals surface area contributed by atoms with Crippen LogP contribution < -0.4 is 6.15 Å². The summed E-state index contributed by atoms with van der Waals surface area (Å²) in [6.07, 6.45) is 0. The van der Waals surface area contributed by atoms with Gasteiger partial charge >= 0.3 is 27.9 Å². The van der Waals surface area contributed by atoms with Gasteiger partial charge in [0.05, 0.1) is 0 Å². The minimum atomic E-state index is 0. The molecule has 0 saturated heterocycles. The second-order valence-electron chi connectivity index (χ2n) is 0. The van der Waals surface area contributed by atoms with Gasteiger partial charge in [0.25, 0.3) is 0 Å². The molecule has 0 saturated carbocycles. The van der Waals surface area contributed by atoms with Crippen LogP contribution in [0.2, 0.25) is 0 Å². The van der Waals surface area contributed by atoms with Crippen LogP contribution in [0, 0.1) is 0 Å². The molecule has 0 aliphatic rings. The zero-order valence-electron chi connectivity index (χ0n) is 2.23. The SMILES string of the molecule is [F].[NH4+].[O+2].[Ta+5]. The summed E-state index contributed by atoms with van der Waals surface area (Å²) >= 11 is 0. The molecule has 0 fully saturated rings. The fourth-order valence-corrected chi connectivity index (χ4v) is 0. The molecule has 2 nitrogen and oxygen atoms in total. The van der Waals surface area contributed by atoms with Crippen molar-refractivity contribution in [1.82, 2.24) is 6.15 Å². The molecule has 19 valence electrons. The Balaban J connectivity index is 0. The number of quaternary nitrogens is 1. The Labute approximate surface area is 39.3 Å². The number of hydrogen-bond acceptors (Lipinski definition) is 0. The van der Waals surface area contributed by atoms with E-state index in [0.29, 0.717) is 0 Å². The molecule has 0 aromatic heterocycles. The Hall–Kier alpha value is 0.590. The normalized spacial score (nSPS) is 0. The van der Waals surface area contributed by atoms with Crippen molar-refractivity contribution >= 4 is 0 Å². The van der Waals surface area contributed by atoms with Crippen LogP contribution in [0.4, 0.5) is 4.70 Å². The van der Waals surface area contributed by atoms with Gasteiger partial charge in [-0.1, -0.05) is 0 Å². The summed E-state index contributed by atoms with van der Waals surface area (Å²) in [5.41, 5.74) is 0. The second kappa shape index (κ2) is 69.1. The van der Waals surface area contributed by atoms with Gasteiger partial charge in [-0.25, -0.2) is 0 Å². The van der Waals surface area contributed by atoms with Gasteiger partial charge in [-0.3, -0.25) is 0 Å². The molecule has 0 rings (SSSR count). The van der Waals surface area contributed by atoms with Crippen LogP contribution in [0.3, 0.4) is 0 Å². The Morgan fingerprint density at radius 3 is 1.00 bits per heavy atom. The van der Waals surface area contributed by atoms with Crippen LogP contribution in [0.5, 0.6) is 0 Å². The second-order valence-corrected chi connectivity index (χ2v) is 0. The fourth-order valence-electron chi connectivity index (χ4n) is 0. The molecule has 0 aliphatic heterocycles. The Kier molecular flexibility index (Phi) is 2940. The number of hydrogen-bond donors (Lipinski definition) is 1. The molecular weight excluding hydrogens is 230 g/mol. The standard InChI is InChI=1S/F.H3N.O.Ta/h;1H3;;/q;;+2;+5/p+1. The molecular formula is H4FNOTa+8. The van der Waals surface area contributed by atoms with Gasteiger partial charge in [-0.2, -0.15) is 0 Å². The van der Waals surface area contributed by atoms with Crippen LogP contribution in [0.25, 0.3) is 0 Å². The summed E-state index contributed by atoms with van der Waals surface area (Å²) in [6, 6.07) is 0. The van der Waals surface area contributed by atoms with E-state index in [1.165, 1.54) is 0 Å². The van der Waals surface area contributed by atoms with Gasteiger partial charge in [0, 0.05) is 4.70 Å². The summed E-state index contributed by atoms with van der Waals surface area (Å²) in [7, 11) is 0. The third-order valence-corrected chi connectivity index (χ3v) is 0. The molecule has 0 atom stereocenters. The Morgan fingerprint density at radius 2 is 1.00 bits per heavy atom. The Bertz CT molecular complexity index is 8.00. The van der Waals surface area contributed by atoms with E-state index in [9.17, 15) is 0 Å². The third-order valence-electron chi connectivity index (χ3n) is 0. The molecule has 0 aromatic rings. The molecule has 4 heavy (non-hydrogen) atoms. The van der Waals surface area contributed by atoms with Gasteiger partial charge in [0.15, 0.2) is 0 Å². The average molecular weight is 234 g/mol.